The van der Waals surface area contributed by atoms with Crippen LogP contribution in [0, 0.1) is 19.3 Å². The van der Waals surface area contributed by atoms with Crippen molar-refractivity contribution < 1.29 is 14.3 Å². The Kier molecular flexibility index (Phi) is 6.37. The number of carbonyl (C=O) groups is 1. The van der Waals surface area contributed by atoms with Gasteiger partial charge in [-0.2, -0.15) is 5.10 Å². The number of aromatic nitrogens is 2. The van der Waals surface area contributed by atoms with Crippen LogP contribution in [0.25, 0.3) is 11.0 Å². The maximum atomic E-state index is 12.3. The van der Waals surface area contributed by atoms with Gasteiger partial charge in [0.1, 0.15) is 19.0 Å². The standard InChI is InChI=1S/C21H19ClN4O3/c1-4-9-29-21-16(22)10-15(11-19(21)28-3)12-23-25-20(27)13-26-14(2)24-17-7-5-6-8-18(17)26/h1,5-8,10-12H,9,13H2,2-3H3,(H,25,27)/b23-12-. The highest BCUT2D eigenvalue weighted by atomic mass is 35.5. The van der Waals surface area contributed by atoms with Crippen molar-refractivity contribution in [2.45, 2.75) is 13.5 Å². The molecule has 0 fully saturated rings. The smallest absolute Gasteiger partial charge is 0.260 e. The second-order valence-electron chi connectivity index (χ2n) is 6.05. The first-order valence-corrected chi connectivity index (χ1v) is 9.09. The number of methoxy groups -OCH3 is 1. The molecular formula is C21H19ClN4O3. The molecule has 0 saturated carbocycles. The molecule has 0 bridgehead atoms. The second kappa shape index (κ2) is 9.13. The summed E-state index contributed by atoms with van der Waals surface area (Å²) in [6, 6.07) is 11.0. The van der Waals surface area contributed by atoms with E-state index < -0.39 is 0 Å². The number of fused-ring (bicyclic) bond motifs is 1. The number of hydrogen-bond donors (Lipinski definition) is 1. The third kappa shape index (κ3) is 4.68. The average Bonchev–Trinajstić information content (AvgIpc) is 3.02. The Bertz CT molecular complexity index is 1120. The van der Waals surface area contributed by atoms with Gasteiger partial charge in [-0.25, -0.2) is 10.4 Å². The van der Waals surface area contributed by atoms with E-state index in [1.807, 2.05) is 35.8 Å². The fourth-order valence-corrected chi connectivity index (χ4v) is 3.10. The van der Waals surface area contributed by atoms with Crippen molar-refractivity contribution >= 4 is 34.8 Å². The van der Waals surface area contributed by atoms with Crippen molar-refractivity contribution in [2.24, 2.45) is 5.10 Å². The first-order valence-electron chi connectivity index (χ1n) is 8.71. The zero-order valence-corrected chi connectivity index (χ0v) is 16.7. The van der Waals surface area contributed by atoms with E-state index in [1.165, 1.54) is 13.3 Å². The minimum absolute atomic E-state index is 0.0714. The number of rotatable bonds is 7. The zero-order valence-electron chi connectivity index (χ0n) is 16.0. The molecule has 0 spiro atoms. The molecular weight excluding hydrogens is 392 g/mol. The molecule has 0 aliphatic carbocycles. The van der Waals surface area contributed by atoms with E-state index in [9.17, 15) is 4.79 Å². The van der Waals surface area contributed by atoms with Gasteiger partial charge in [-0.3, -0.25) is 4.79 Å². The van der Waals surface area contributed by atoms with Gasteiger partial charge in [-0.1, -0.05) is 29.7 Å². The minimum Gasteiger partial charge on any atom is -0.493 e. The molecule has 0 saturated heterocycles. The summed E-state index contributed by atoms with van der Waals surface area (Å²) in [6.45, 7) is 2.03. The van der Waals surface area contributed by atoms with Gasteiger partial charge in [0.2, 0.25) is 0 Å². The van der Waals surface area contributed by atoms with Crippen LogP contribution in [0.2, 0.25) is 5.02 Å². The van der Waals surface area contributed by atoms with Gasteiger partial charge in [0.25, 0.3) is 5.91 Å². The van der Waals surface area contributed by atoms with E-state index >= 15 is 0 Å². The third-order valence-corrected chi connectivity index (χ3v) is 4.38. The SMILES string of the molecule is C#CCOc1c(Cl)cc(/C=N\NC(=O)Cn2c(C)nc3ccccc32)cc1OC. The van der Waals surface area contributed by atoms with Crippen LogP contribution in [0.3, 0.4) is 0 Å². The number of imidazole rings is 1. The molecule has 0 aliphatic heterocycles. The van der Waals surface area contributed by atoms with Gasteiger partial charge in [0, 0.05) is 0 Å². The van der Waals surface area contributed by atoms with Gasteiger partial charge in [0.05, 0.1) is 29.4 Å². The first-order chi connectivity index (χ1) is 14.0. The van der Waals surface area contributed by atoms with Crippen molar-refractivity contribution in [2.75, 3.05) is 13.7 Å². The van der Waals surface area contributed by atoms with Gasteiger partial charge in [-0.15, -0.1) is 6.42 Å². The Balaban J connectivity index is 1.69. The average molecular weight is 411 g/mol. The van der Waals surface area contributed by atoms with Crippen LogP contribution in [0.5, 0.6) is 11.5 Å². The summed E-state index contributed by atoms with van der Waals surface area (Å²) in [4.78, 5) is 16.7. The molecule has 0 unspecified atom stereocenters. The van der Waals surface area contributed by atoms with Crippen LogP contribution >= 0.6 is 11.6 Å². The van der Waals surface area contributed by atoms with E-state index in [4.69, 9.17) is 27.5 Å². The molecule has 0 aliphatic rings. The summed E-state index contributed by atoms with van der Waals surface area (Å²) < 4.78 is 12.5. The fourth-order valence-electron chi connectivity index (χ4n) is 2.82. The number of para-hydroxylation sites is 2. The molecule has 1 heterocycles. The number of carbonyl (C=O) groups excluding carboxylic acids is 1. The number of amides is 1. The largest absolute Gasteiger partial charge is 0.493 e. The number of benzene rings is 2. The molecule has 7 nitrogen and oxygen atoms in total. The predicted molar refractivity (Wildman–Crippen MR) is 113 cm³/mol. The lowest BCUT2D eigenvalue weighted by Crippen LogP contribution is -2.23. The van der Waals surface area contributed by atoms with E-state index in [-0.39, 0.29) is 19.1 Å². The molecule has 3 rings (SSSR count). The molecule has 3 aromatic rings. The normalized spacial score (nSPS) is 10.8. The Morgan fingerprint density at radius 3 is 2.97 bits per heavy atom. The Morgan fingerprint density at radius 2 is 2.21 bits per heavy atom. The Hall–Kier alpha value is -3.50. The van der Waals surface area contributed by atoms with Crippen molar-refractivity contribution in [3.8, 4) is 23.8 Å². The summed E-state index contributed by atoms with van der Waals surface area (Å²) in [7, 11) is 1.49. The van der Waals surface area contributed by atoms with Crippen LogP contribution in [-0.2, 0) is 11.3 Å². The van der Waals surface area contributed by atoms with Crippen molar-refractivity contribution in [1.82, 2.24) is 15.0 Å². The van der Waals surface area contributed by atoms with Crippen LogP contribution in [-0.4, -0.2) is 35.4 Å². The highest BCUT2D eigenvalue weighted by molar-refractivity contribution is 6.32. The van der Waals surface area contributed by atoms with Crippen LogP contribution in [0.1, 0.15) is 11.4 Å². The molecule has 1 aromatic heterocycles. The lowest BCUT2D eigenvalue weighted by atomic mass is 10.2. The zero-order chi connectivity index (χ0) is 20.8. The topological polar surface area (TPSA) is 77.7 Å². The van der Waals surface area contributed by atoms with Gasteiger partial charge in [0.15, 0.2) is 11.5 Å². The third-order valence-electron chi connectivity index (χ3n) is 4.10. The summed E-state index contributed by atoms with van der Waals surface area (Å²) in [6.07, 6.45) is 6.67. The molecule has 2 aromatic carbocycles. The number of halogens is 1. The van der Waals surface area contributed by atoms with Gasteiger partial charge < -0.3 is 14.0 Å². The van der Waals surface area contributed by atoms with Crippen molar-refractivity contribution in [3.63, 3.8) is 0 Å². The highest BCUT2D eigenvalue weighted by Gasteiger charge is 2.12. The highest BCUT2D eigenvalue weighted by Crippen LogP contribution is 2.35. The number of hydrazone groups is 1. The van der Waals surface area contributed by atoms with Crippen LogP contribution in [0.4, 0.5) is 0 Å². The molecule has 0 radical (unpaired) electrons. The first kappa shape index (κ1) is 20.2. The summed E-state index contributed by atoms with van der Waals surface area (Å²) in [5.74, 6) is 3.62. The Morgan fingerprint density at radius 1 is 1.41 bits per heavy atom. The van der Waals surface area contributed by atoms with Crippen LogP contribution in [0.15, 0.2) is 41.5 Å². The molecule has 148 valence electrons. The number of nitrogens with one attached hydrogen (secondary N) is 1. The summed E-state index contributed by atoms with van der Waals surface area (Å²) in [5.41, 5.74) is 4.87. The quantitative estimate of drug-likeness (QED) is 0.368. The van der Waals surface area contributed by atoms with E-state index in [2.05, 4.69) is 21.4 Å². The molecule has 0 atom stereocenters. The van der Waals surface area contributed by atoms with Crippen molar-refractivity contribution in [3.05, 3.63) is 52.8 Å². The van der Waals surface area contributed by atoms with E-state index in [0.29, 0.717) is 22.1 Å². The van der Waals surface area contributed by atoms with E-state index in [1.54, 1.807) is 12.1 Å². The maximum Gasteiger partial charge on any atom is 0.260 e. The molecule has 1 N–H and O–H groups in total. The van der Waals surface area contributed by atoms with E-state index in [0.717, 1.165) is 16.9 Å². The lowest BCUT2D eigenvalue weighted by Gasteiger charge is -2.11. The predicted octanol–water partition coefficient (Wildman–Crippen LogP) is 3.17. The van der Waals surface area contributed by atoms with Crippen LogP contribution < -0.4 is 14.9 Å². The second-order valence-corrected chi connectivity index (χ2v) is 6.46. The monoisotopic (exact) mass is 410 g/mol. The van der Waals surface area contributed by atoms with Gasteiger partial charge in [-0.05, 0) is 36.8 Å². The number of nitrogens with zero attached hydrogens (tertiary/aromatic N) is 3. The number of ether oxygens (including phenoxy) is 2. The van der Waals surface area contributed by atoms with Crippen molar-refractivity contribution in [1.29, 1.82) is 0 Å². The fraction of sp³-hybridized carbons (Fsp3) is 0.190. The summed E-state index contributed by atoms with van der Waals surface area (Å²) >= 11 is 6.23. The number of hydrogen-bond acceptors (Lipinski definition) is 5. The maximum absolute atomic E-state index is 12.3. The number of terminal acetylenes is 1. The number of aryl methyl sites for hydroxylation is 1. The molecule has 29 heavy (non-hydrogen) atoms. The van der Waals surface area contributed by atoms with Gasteiger partial charge >= 0.3 is 0 Å². The Labute approximate surface area is 173 Å². The molecule has 8 heteroatoms. The summed E-state index contributed by atoms with van der Waals surface area (Å²) in [5, 5.41) is 4.32. The molecule has 1 amide bonds. The lowest BCUT2D eigenvalue weighted by molar-refractivity contribution is -0.121. The minimum atomic E-state index is -0.278.